The van der Waals surface area contributed by atoms with Gasteiger partial charge in [0.2, 0.25) is 0 Å². The van der Waals surface area contributed by atoms with Crippen molar-refractivity contribution in [1.29, 1.82) is 0 Å². The first-order valence-electron chi connectivity index (χ1n) is 5.47. The molecule has 1 nitrogen and oxygen atoms in total. The van der Waals surface area contributed by atoms with Crippen molar-refractivity contribution in [3.63, 3.8) is 0 Å². The lowest BCUT2D eigenvalue weighted by Crippen LogP contribution is -3.06. The highest BCUT2D eigenvalue weighted by Gasteiger charge is 2.28. The van der Waals surface area contributed by atoms with Crippen LogP contribution in [0.3, 0.4) is 0 Å². The standard InChI is InChI=1S/C12H23N/c1-9-6-10(2)12(8-13(4)5)11(3)7-9/h6,10-12H,7-8H2,1-5H3/p+1/t10-,11+,12+/m1/s1. The number of hydrogen-bond donors (Lipinski definition) is 1. The smallest absolute Gasteiger partial charge is 0.0803 e. The van der Waals surface area contributed by atoms with E-state index in [1.165, 1.54) is 13.0 Å². The number of allylic oxidation sites excluding steroid dienone is 2. The molecule has 0 fully saturated rings. The topological polar surface area (TPSA) is 4.44 Å². The lowest BCUT2D eigenvalue weighted by atomic mass is 9.75. The predicted molar refractivity (Wildman–Crippen MR) is 57.9 cm³/mol. The minimum atomic E-state index is 0.777. The van der Waals surface area contributed by atoms with Gasteiger partial charge in [0.15, 0.2) is 0 Å². The van der Waals surface area contributed by atoms with Crippen LogP contribution in [0.25, 0.3) is 0 Å². The van der Waals surface area contributed by atoms with Gasteiger partial charge >= 0.3 is 0 Å². The largest absolute Gasteiger partial charge is 0.340 e. The summed E-state index contributed by atoms with van der Waals surface area (Å²) < 4.78 is 0. The highest BCUT2D eigenvalue weighted by Crippen LogP contribution is 2.32. The Balaban J connectivity index is 2.63. The van der Waals surface area contributed by atoms with Crippen LogP contribution in [0.2, 0.25) is 0 Å². The van der Waals surface area contributed by atoms with E-state index in [1.807, 2.05) is 0 Å². The summed E-state index contributed by atoms with van der Waals surface area (Å²) in [5.74, 6) is 2.53. The van der Waals surface area contributed by atoms with Gasteiger partial charge in [0.1, 0.15) is 0 Å². The molecule has 0 heterocycles. The minimum Gasteiger partial charge on any atom is -0.340 e. The molecule has 0 aliphatic heterocycles. The SMILES string of the molecule is CC1=C[C@@H](C)[C@H](C[NH+](C)C)[C@@H](C)C1. The van der Waals surface area contributed by atoms with Gasteiger partial charge in [-0.3, -0.25) is 0 Å². The highest BCUT2D eigenvalue weighted by molar-refractivity contribution is 5.07. The summed E-state index contributed by atoms with van der Waals surface area (Å²) in [5.41, 5.74) is 1.59. The molecule has 1 aliphatic carbocycles. The molecule has 0 radical (unpaired) electrons. The Morgan fingerprint density at radius 1 is 1.38 bits per heavy atom. The Labute approximate surface area is 82.8 Å². The molecule has 3 atom stereocenters. The average molecular weight is 182 g/mol. The normalized spacial score (nSPS) is 34.9. The summed E-state index contributed by atoms with van der Waals surface area (Å²) in [6.45, 7) is 8.35. The van der Waals surface area contributed by atoms with Crippen molar-refractivity contribution in [1.82, 2.24) is 0 Å². The maximum atomic E-state index is 2.47. The zero-order valence-corrected chi connectivity index (χ0v) is 9.72. The molecule has 13 heavy (non-hydrogen) atoms. The van der Waals surface area contributed by atoms with Gasteiger partial charge in [-0.15, -0.1) is 0 Å². The van der Waals surface area contributed by atoms with Crippen molar-refractivity contribution in [3.8, 4) is 0 Å². The van der Waals surface area contributed by atoms with E-state index in [4.69, 9.17) is 0 Å². The van der Waals surface area contributed by atoms with E-state index in [0.717, 1.165) is 17.8 Å². The molecule has 0 saturated carbocycles. The number of nitrogens with one attached hydrogen (secondary N) is 1. The van der Waals surface area contributed by atoms with Crippen molar-refractivity contribution in [2.45, 2.75) is 27.2 Å². The fourth-order valence-electron chi connectivity index (χ4n) is 2.68. The highest BCUT2D eigenvalue weighted by atomic mass is 15.1. The maximum Gasteiger partial charge on any atom is 0.0803 e. The van der Waals surface area contributed by atoms with Gasteiger partial charge in [-0.1, -0.05) is 25.5 Å². The molecule has 0 aromatic heterocycles. The summed E-state index contributed by atoms with van der Waals surface area (Å²) in [4.78, 5) is 1.58. The molecular weight excluding hydrogens is 158 g/mol. The lowest BCUT2D eigenvalue weighted by Gasteiger charge is -2.33. The van der Waals surface area contributed by atoms with E-state index in [9.17, 15) is 0 Å². The molecule has 1 N–H and O–H groups in total. The van der Waals surface area contributed by atoms with Gasteiger partial charge in [-0.2, -0.15) is 0 Å². The van der Waals surface area contributed by atoms with E-state index in [2.05, 4.69) is 40.9 Å². The van der Waals surface area contributed by atoms with Crippen LogP contribution < -0.4 is 4.90 Å². The number of hydrogen-bond acceptors (Lipinski definition) is 0. The van der Waals surface area contributed by atoms with Crippen molar-refractivity contribution in [2.75, 3.05) is 20.6 Å². The predicted octanol–water partition coefficient (Wildman–Crippen LogP) is 1.37. The number of quaternary nitrogens is 1. The summed E-state index contributed by atoms with van der Waals surface area (Å²) in [7, 11) is 4.51. The van der Waals surface area contributed by atoms with E-state index in [0.29, 0.717) is 0 Å². The van der Waals surface area contributed by atoms with Crippen LogP contribution in [0.4, 0.5) is 0 Å². The summed E-state index contributed by atoms with van der Waals surface area (Å²) in [5, 5.41) is 0. The average Bonchev–Trinajstić information content (AvgIpc) is 1.96. The summed E-state index contributed by atoms with van der Waals surface area (Å²) in [6.07, 6.45) is 3.77. The monoisotopic (exact) mass is 182 g/mol. The van der Waals surface area contributed by atoms with Gasteiger partial charge in [-0.25, -0.2) is 0 Å². The first kappa shape index (κ1) is 10.8. The quantitative estimate of drug-likeness (QED) is 0.615. The van der Waals surface area contributed by atoms with Crippen LogP contribution in [0.15, 0.2) is 11.6 Å². The molecule has 1 aliphatic rings. The van der Waals surface area contributed by atoms with Gasteiger partial charge < -0.3 is 4.90 Å². The molecule has 1 rings (SSSR count). The molecular formula is C12H24N+. The summed E-state index contributed by atoms with van der Waals surface area (Å²) in [6, 6.07) is 0. The zero-order chi connectivity index (χ0) is 10.0. The van der Waals surface area contributed by atoms with Crippen LogP contribution >= 0.6 is 0 Å². The Hall–Kier alpha value is -0.300. The molecule has 0 spiro atoms. The van der Waals surface area contributed by atoms with Gasteiger partial charge in [-0.05, 0) is 25.2 Å². The third-order valence-corrected chi connectivity index (χ3v) is 3.24. The van der Waals surface area contributed by atoms with E-state index in [1.54, 1.807) is 10.5 Å². The molecule has 0 bridgehead atoms. The van der Waals surface area contributed by atoms with E-state index >= 15 is 0 Å². The summed E-state index contributed by atoms with van der Waals surface area (Å²) >= 11 is 0. The van der Waals surface area contributed by atoms with Crippen molar-refractivity contribution < 1.29 is 4.90 Å². The molecule has 0 aromatic carbocycles. The van der Waals surface area contributed by atoms with E-state index in [-0.39, 0.29) is 0 Å². The van der Waals surface area contributed by atoms with Crippen LogP contribution in [-0.4, -0.2) is 20.6 Å². The third-order valence-electron chi connectivity index (χ3n) is 3.24. The van der Waals surface area contributed by atoms with Gasteiger partial charge in [0, 0.05) is 5.92 Å². The first-order chi connectivity index (χ1) is 6.00. The van der Waals surface area contributed by atoms with Crippen LogP contribution in [0, 0.1) is 17.8 Å². The molecule has 0 amide bonds. The second kappa shape index (κ2) is 4.28. The molecule has 0 saturated heterocycles. The molecule has 0 unspecified atom stereocenters. The van der Waals surface area contributed by atoms with Crippen molar-refractivity contribution in [3.05, 3.63) is 11.6 Å². The fraction of sp³-hybridized carbons (Fsp3) is 0.833. The Kier molecular flexibility index (Phi) is 3.55. The van der Waals surface area contributed by atoms with Crippen LogP contribution in [-0.2, 0) is 0 Å². The third kappa shape index (κ3) is 2.84. The molecule has 76 valence electrons. The Morgan fingerprint density at radius 3 is 2.46 bits per heavy atom. The van der Waals surface area contributed by atoms with Crippen molar-refractivity contribution in [2.24, 2.45) is 17.8 Å². The van der Waals surface area contributed by atoms with Crippen LogP contribution in [0.5, 0.6) is 0 Å². The lowest BCUT2D eigenvalue weighted by molar-refractivity contribution is -0.863. The van der Waals surface area contributed by atoms with Gasteiger partial charge in [0.05, 0.1) is 20.6 Å². The maximum absolute atomic E-state index is 2.47. The Bertz CT molecular complexity index is 193. The second-order valence-corrected chi connectivity index (χ2v) is 5.13. The van der Waals surface area contributed by atoms with E-state index < -0.39 is 0 Å². The zero-order valence-electron chi connectivity index (χ0n) is 9.72. The Morgan fingerprint density at radius 2 is 2.00 bits per heavy atom. The second-order valence-electron chi connectivity index (χ2n) is 5.13. The molecule has 1 heteroatoms. The number of rotatable bonds is 2. The van der Waals surface area contributed by atoms with Crippen LogP contribution in [0.1, 0.15) is 27.2 Å². The molecule has 0 aromatic rings. The van der Waals surface area contributed by atoms with Crippen molar-refractivity contribution >= 4 is 0 Å². The first-order valence-corrected chi connectivity index (χ1v) is 5.47. The minimum absolute atomic E-state index is 0.777. The fourth-order valence-corrected chi connectivity index (χ4v) is 2.68. The van der Waals surface area contributed by atoms with Gasteiger partial charge in [0.25, 0.3) is 0 Å².